The maximum atomic E-state index is 5.78. The van der Waals surface area contributed by atoms with Crippen LogP contribution in [-0.4, -0.2) is 19.3 Å². The molecule has 0 saturated heterocycles. The molecule has 0 N–H and O–H groups in total. The van der Waals surface area contributed by atoms with Gasteiger partial charge in [-0.15, -0.1) is 11.6 Å². The van der Waals surface area contributed by atoms with Gasteiger partial charge in [-0.05, 0) is 12.0 Å². The Morgan fingerprint density at radius 1 is 1.40 bits per heavy atom. The Labute approximate surface area is 93.5 Å². The van der Waals surface area contributed by atoms with E-state index in [0.717, 1.165) is 18.7 Å². The molecule has 15 heavy (non-hydrogen) atoms. The van der Waals surface area contributed by atoms with Crippen molar-refractivity contribution in [2.45, 2.75) is 18.8 Å². The van der Waals surface area contributed by atoms with Crippen LogP contribution in [0.2, 0.25) is 0 Å². The lowest BCUT2D eigenvalue weighted by Crippen LogP contribution is -2.02. The highest BCUT2D eigenvalue weighted by Crippen LogP contribution is 2.06. The van der Waals surface area contributed by atoms with E-state index in [1.54, 1.807) is 6.20 Å². The van der Waals surface area contributed by atoms with Gasteiger partial charge in [0.2, 0.25) is 0 Å². The number of rotatable bonds is 4. The molecule has 0 aliphatic heterocycles. The minimum atomic E-state index is 0.507. The highest BCUT2D eigenvalue weighted by Gasteiger charge is 2.01. The number of nitrogens with zero attached hydrogens (tertiary/aromatic N) is 4. The molecule has 0 saturated carbocycles. The van der Waals surface area contributed by atoms with Crippen molar-refractivity contribution in [3.63, 3.8) is 0 Å². The average Bonchev–Trinajstić information content (AvgIpc) is 2.83. The van der Waals surface area contributed by atoms with Gasteiger partial charge in [-0.1, -0.05) is 0 Å². The fourth-order valence-electron chi connectivity index (χ4n) is 1.51. The zero-order valence-electron chi connectivity index (χ0n) is 8.60. The number of halogens is 1. The Balaban J connectivity index is 1.98. The smallest absolute Gasteiger partial charge is 0.0948 e. The van der Waals surface area contributed by atoms with Gasteiger partial charge in [0.25, 0.3) is 0 Å². The van der Waals surface area contributed by atoms with Crippen LogP contribution in [0.5, 0.6) is 0 Å². The summed E-state index contributed by atoms with van der Waals surface area (Å²) in [6, 6.07) is 0. The number of hydrogen-bond acceptors (Lipinski definition) is 2. The maximum absolute atomic E-state index is 5.78. The van der Waals surface area contributed by atoms with Gasteiger partial charge in [-0.2, -0.15) is 5.10 Å². The number of alkyl halides is 1. The van der Waals surface area contributed by atoms with Crippen molar-refractivity contribution in [2.75, 3.05) is 0 Å². The predicted molar refractivity (Wildman–Crippen MR) is 58.7 cm³/mol. The van der Waals surface area contributed by atoms with E-state index in [2.05, 4.69) is 14.6 Å². The minimum absolute atomic E-state index is 0.507. The molecule has 0 radical (unpaired) electrons. The van der Waals surface area contributed by atoms with Crippen molar-refractivity contribution in [3.05, 3.63) is 36.2 Å². The van der Waals surface area contributed by atoms with Crippen LogP contribution in [0.1, 0.15) is 11.3 Å². The Morgan fingerprint density at radius 2 is 2.27 bits per heavy atom. The summed E-state index contributed by atoms with van der Waals surface area (Å²) in [4.78, 5) is 4.07. The molecule has 0 unspecified atom stereocenters. The summed E-state index contributed by atoms with van der Waals surface area (Å²) >= 11 is 5.78. The van der Waals surface area contributed by atoms with Gasteiger partial charge in [0, 0.05) is 26.0 Å². The number of aryl methyl sites for hydroxylation is 3. The maximum Gasteiger partial charge on any atom is 0.0948 e. The van der Waals surface area contributed by atoms with Crippen LogP contribution in [0.25, 0.3) is 0 Å². The van der Waals surface area contributed by atoms with E-state index in [1.807, 2.05) is 30.5 Å². The first kappa shape index (κ1) is 10.2. The van der Waals surface area contributed by atoms with Crippen molar-refractivity contribution >= 4 is 11.6 Å². The molecular formula is C10H13ClN4. The fourth-order valence-corrected chi connectivity index (χ4v) is 1.73. The van der Waals surface area contributed by atoms with Gasteiger partial charge in [-0.25, -0.2) is 4.98 Å². The molecule has 80 valence electrons. The van der Waals surface area contributed by atoms with Crippen LogP contribution in [-0.2, 0) is 25.9 Å². The number of imidazole rings is 1. The minimum Gasteiger partial charge on any atom is -0.333 e. The molecule has 0 aliphatic carbocycles. The third-order valence-electron chi connectivity index (χ3n) is 2.34. The second-order valence-electron chi connectivity index (χ2n) is 3.48. The zero-order valence-corrected chi connectivity index (χ0v) is 9.35. The van der Waals surface area contributed by atoms with Gasteiger partial charge in [0.05, 0.1) is 24.1 Å². The molecular weight excluding hydrogens is 212 g/mol. The SMILES string of the molecule is Cn1cc(CCn2cncc2CCl)cn1. The highest BCUT2D eigenvalue weighted by molar-refractivity contribution is 6.16. The molecule has 0 bridgehead atoms. The van der Waals surface area contributed by atoms with Crippen LogP contribution in [0.3, 0.4) is 0 Å². The summed E-state index contributed by atoms with van der Waals surface area (Å²) in [5.74, 6) is 0.507. The molecule has 0 aliphatic rings. The summed E-state index contributed by atoms with van der Waals surface area (Å²) in [7, 11) is 1.92. The van der Waals surface area contributed by atoms with Crippen molar-refractivity contribution in [3.8, 4) is 0 Å². The Morgan fingerprint density at radius 3 is 2.93 bits per heavy atom. The summed E-state index contributed by atoms with van der Waals surface area (Å²) in [6.07, 6.45) is 8.48. The van der Waals surface area contributed by atoms with E-state index in [-0.39, 0.29) is 0 Å². The lowest BCUT2D eigenvalue weighted by atomic mass is 10.2. The number of hydrogen-bond donors (Lipinski definition) is 0. The normalized spacial score (nSPS) is 10.8. The van der Waals surface area contributed by atoms with E-state index in [0.29, 0.717) is 5.88 Å². The molecule has 0 spiro atoms. The van der Waals surface area contributed by atoms with Crippen LogP contribution in [0.15, 0.2) is 24.9 Å². The molecule has 2 heterocycles. The Kier molecular flexibility index (Phi) is 3.06. The van der Waals surface area contributed by atoms with E-state index in [1.165, 1.54) is 5.56 Å². The summed E-state index contributed by atoms with van der Waals surface area (Å²) in [5, 5.41) is 4.12. The molecule has 2 rings (SSSR count). The highest BCUT2D eigenvalue weighted by atomic mass is 35.5. The van der Waals surface area contributed by atoms with Crippen LogP contribution < -0.4 is 0 Å². The number of aromatic nitrogens is 4. The summed E-state index contributed by atoms with van der Waals surface area (Å²) in [6.45, 7) is 0.897. The topological polar surface area (TPSA) is 35.6 Å². The average molecular weight is 225 g/mol. The van der Waals surface area contributed by atoms with Crippen LogP contribution >= 0.6 is 11.6 Å². The Bertz CT molecular complexity index is 432. The molecule has 0 fully saturated rings. The quantitative estimate of drug-likeness (QED) is 0.740. The summed E-state index contributed by atoms with van der Waals surface area (Å²) < 4.78 is 3.88. The van der Waals surface area contributed by atoms with Crippen LogP contribution in [0, 0.1) is 0 Å². The predicted octanol–water partition coefficient (Wildman–Crippen LogP) is 1.60. The van der Waals surface area contributed by atoms with E-state index in [9.17, 15) is 0 Å². The molecule has 4 nitrogen and oxygen atoms in total. The van der Waals surface area contributed by atoms with Gasteiger partial charge >= 0.3 is 0 Å². The lowest BCUT2D eigenvalue weighted by Gasteiger charge is -2.03. The molecule has 0 amide bonds. The largest absolute Gasteiger partial charge is 0.333 e. The second kappa shape index (κ2) is 4.49. The second-order valence-corrected chi connectivity index (χ2v) is 3.75. The van der Waals surface area contributed by atoms with Crippen molar-refractivity contribution in [1.29, 1.82) is 0 Å². The molecule has 2 aromatic rings. The first-order valence-electron chi connectivity index (χ1n) is 4.82. The van der Waals surface area contributed by atoms with Gasteiger partial charge < -0.3 is 4.57 Å². The van der Waals surface area contributed by atoms with E-state index < -0.39 is 0 Å². The Hall–Kier alpha value is -1.29. The van der Waals surface area contributed by atoms with Gasteiger partial charge in [0.15, 0.2) is 0 Å². The standard InChI is InChI=1S/C10H13ClN4/c1-14-7-9(5-13-14)2-3-15-8-12-6-10(15)4-11/h5-8H,2-4H2,1H3. The first-order chi connectivity index (χ1) is 7.29. The van der Waals surface area contributed by atoms with Crippen LogP contribution in [0.4, 0.5) is 0 Å². The van der Waals surface area contributed by atoms with Crippen molar-refractivity contribution in [1.82, 2.24) is 19.3 Å². The third kappa shape index (κ3) is 2.39. The monoisotopic (exact) mass is 224 g/mol. The third-order valence-corrected chi connectivity index (χ3v) is 2.61. The van der Waals surface area contributed by atoms with Gasteiger partial charge in [0.1, 0.15) is 0 Å². The summed E-state index contributed by atoms with van der Waals surface area (Å²) in [5.41, 5.74) is 2.28. The van der Waals surface area contributed by atoms with E-state index in [4.69, 9.17) is 11.6 Å². The molecule has 2 aromatic heterocycles. The van der Waals surface area contributed by atoms with Gasteiger partial charge in [-0.3, -0.25) is 4.68 Å². The molecule has 5 heteroatoms. The molecule has 0 aromatic carbocycles. The molecule has 0 atom stereocenters. The first-order valence-corrected chi connectivity index (χ1v) is 5.35. The van der Waals surface area contributed by atoms with E-state index >= 15 is 0 Å². The van der Waals surface area contributed by atoms with Crippen molar-refractivity contribution < 1.29 is 0 Å². The lowest BCUT2D eigenvalue weighted by molar-refractivity contribution is 0.673. The van der Waals surface area contributed by atoms with Crippen molar-refractivity contribution in [2.24, 2.45) is 7.05 Å². The fraction of sp³-hybridized carbons (Fsp3) is 0.400. The zero-order chi connectivity index (χ0) is 10.7.